The van der Waals surface area contributed by atoms with E-state index >= 15 is 0 Å². The lowest BCUT2D eigenvalue weighted by molar-refractivity contribution is 0.142. The number of nitrogens with zero attached hydrogens (tertiary/aromatic N) is 2. The fraction of sp³-hybridized carbons (Fsp3) is 0.923. The highest BCUT2D eigenvalue weighted by atomic mass is 32.2. The van der Waals surface area contributed by atoms with E-state index in [0.29, 0.717) is 26.2 Å². The molecular formula is C13H27N3O4S. The Balaban J connectivity index is 2.60. The highest BCUT2D eigenvalue weighted by Gasteiger charge is 2.32. The maximum absolute atomic E-state index is 12.5. The summed E-state index contributed by atoms with van der Waals surface area (Å²) in [6.07, 6.45) is 2.81. The van der Waals surface area contributed by atoms with E-state index in [0.717, 1.165) is 25.7 Å². The number of carbonyl (C=O) groups is 1. The Morgan fingerprint density at radius 2 is 2.14 bits per heavy atom. The minimum absolute atomic E-state index is 0.188. The minimum atomic E-state index is -3.44. The lowest BCUT2D eigenvalue weighted by Gasteiger charge is -2.34. The van der Waals surface area contributed by atoms with Gasteiger partial charge < -0.3 is 10.1 Å². The Morgan fingerprint density at radius 3 is 2.76 bits per heavy atom. The second kappa shape index (κ2) is 8.55. The van der Waals surface area contributed by atoms with E-state index in [2.05, 4.69) is 5.32 Å². The molecule has 1 amide bonds. The summed E-state index contributed by atoms with van der Waals surface area (Å²) in [5.74, 6) is 0. The van der Waals surface area contributed by atoms with Gasteiger partial charge in [-0.05, 0) is 26.2 Å². The summed E-state index contributed by atoms with van der Waals surface area (Å²) in [5.41, 5.74) is 0. The number of piperidine rings is 1. The molecule has 0 aromatic carbocycles. The Hall–Kier alpha value is -0.860. The van der Waals surface area contributed by atoms with E-state index < -0.39 is 16.3 Å². The molecule has 1 saturated heterocycles. The van der Waals surface area contributed by atoms with Gasteiger partial charge in [0.25, 0.3) is 10.2 Å². The summed E-state index contributed by atoms with van der Waals surface area (Å²) in [7, 11) is -1.84. The van der Waals surface area contributed by atoms with Crippen LogP contribution in [0, 0.1) is 0 Å². The molecule has 8 heteroatoms. The summed E-state index contributed by atoms with van der Waals surface area (Å²) in [6.45, 7) is 5.39. The molecule has 124 valence electrons. The van der Waals surface area contributed by atoms with Crippen molar-refractivity contribution in [2.45, 2.75) is 45.6 Å². The standard InChI is InChI=1S/C13H27N3O4S/c1-4-6-9-15(3)21(18,19)16-10-7-8-12(11-16)14-13(17)20-5-2/h12H,4-11H2,1-3H3,(H,14,17). The summed E-state index contributed by atoms with van der Waals surface area (Å²) < 4.78 is 32.6. The van der Waals surface area contributed by atoms with Crippen molar-refractivity contribution in [3.63, 3.8) is 0 Å². The molecule has 0 aromatic heterocycles. The third kappa shape index (κ3) is 5.44. The molecule has 1 rings (SSSR count). The first-order valence-electron chi connectivity index (χ1n) is 7.56. The molecule has 1 heterocycles. The molecule has 0 bridgehead atoms. The quantitative estimate of drug-likeness (QED) is 0.763. The monoisotopic (exact) mass is 321 g/mol. The maximum Gasteiger partial charge on any atom is 0.407 e. The summed E-state index contributed by atoms with van der Waals surface area (Å²) >= 11 is 0. The van der Waals surface area contributed by atoms with Crippen molar-refractivity contribution < 1.29 is 17.9 Å². The zero-order chi connectivity index (χ0) is 15.9. The topological polar surface area (TPSA) is 79.0 Å². The second-order valence-electron chi connectivity index (χ2n) is 5.24. The van der Waals surface area contributed by atoms with Gasteiger partial charge >= 0.3 is 6.09 Å². The van der Waals surface area contributed by atoms with Gasteiger partial charge in [-0.1, -0.05) is 13.3 Å². The molecule has 1 fully saturated rings. The molecule has 1 N–H and O–H groups in total. The summed E-state index contributed by atoms with van der Waals surface area (Å²) in [4.78, 5) is 11.4. The van der Waals surface area contributed by atoms with Gasteiger partial charge in [0, 0.05) is 32.7 Å². The van der Waals surface area contributed by atoms with Gasteiger partial charge in [0.2, 0.25) is 0 Å². The van der Waals surface area contributed by atoms with Crippen LogP contribution in [-0.2, 0) is 14.9 Å². The van der Waals surface area contributed by atoms with Crippen LogP contribution in [0.25, 0.3) is 0 Å². The van der Waals surface area contributed by atoms with E-state index in [4.69, 9.17) is 4.74 Å². The van der Waals surface area contributed by atoms with Crippen LogP contribution in [0.1, 0.15) is 39.5 Å². The fourth-order valence-corrected chi connectivity index (χ4v) is 3.78. The second-order valence-corrected chi connectivity index (χ2v) is 7.28. The van der Waals surface area contributed by atoms with Crippen LogP contribution in [0.15, 0.2) is 0 Å². The van der Waals surface area contributed by atoms with E-state index in [9.17, 15) is 13.2 Å². The molecule has 1 atom stereocenters. The highest BCUT2D eigenvalue weighted by Crippen LogP contribution is 2.16. The minimum Gasteiger partial charge on any atom is -0.450 e. The highest BCUT2D eigenvalue weighted by molar-refractivity contribution is 7.86. The molecule has 1 aliphatic heterocycles. The number of ether oxygens (including phenoxy) is 1. The fourth-order valence-electron chi connectivity index (χ4n) is 2.30. The number of alkyl carbamates (subject to hydrolysis) is 1. The van der Waals surface area contributed by atoms with Crippen LogP contribution in [0.3, 0.4) is 0 Å². The van der Waals surface area contributed by atoms with Gasteiger partial charge in [0.15, 0.2) is 0 Å². The summed E-state index contributed by atoms with van der Waals surface area (Å²) in [6, 6.07) is -0.188. The number of nitrogens with one attached hydrogen (secondary N) is 1. The van der Waals surface area contributed by atoms with Crippen molar-refractivity contribution >= 4 is 16.3 Å². The predicted octanol–water partition coefficient (Wildman–Crippen LogP) is 1.17. The van der Waals surface area contributed by atoms with Crippen molar-refractivity contribution in [1.29, 1.82) is 0 Å². The number of unbranched alkanes of at least 4 members (excludes halogenated alkanes) is 1. The average molecular weight is 321 g/mol. The van der Waals surface area contributed by atoms with Crippen LogP contribution in [0.5, 0.6) is 0 Å². The van der Waals surface area contributed by atoms with Crippen LogP contribution < -0.4 is 5.32 Å². The lowest BCUT2D eigenvalue weighted by Crippen LogP contribution is -2.52. The number of rotatable bonds is 7. The Morgan fingerprint density at radius 1 is 1.43 bits per heavy atom. The van der Waals surface area contributed by atoms with Crippen molar-refractivity contribution in [2.24, 2.45) is 0 Å². The van der Waals surface area contributed by atoms with Gasteiger partial charge in [0.05, 0.1) is 6.61 Å². The molecule has 0 radical (unpaired) electrons. The van der Waals surface area contributed by atoms with Crippen molar-refractivity contribution in [2.75, 3.05) is 33.3 Å². The van der Waals surface area contributed by atoms with Crippen molar-refractivity contribution in [3.8, 4) is 0 Å². The van der Waals surface area contributed by atoms with Crippen molar-refractivity contribution in [3.05, 3.63) is 0 Å². The Kier molecular flexibility index (Phi) is 7.41. The molecule has 1 aliphatic rings. The zero-order valence-electron chi connectivity index (χ0n) is 13.2. The SMILES string of the molecule is CCCCN(C)S(=O)(=O)N1CCCC(NC(=O)OCC)C1. The van der Waals surface area contributed by atoms with Crippen LogP contribution in [0.2, 0.25) is 0 Å². The molecule has 0 aliphatic carbocycles. The molecule has 0 saturated carbocycles. The summed E-state index contributed by atoms with van der Waals surface area (Å²) in [5, 5.41) is 2.72. The van der Waals surface area contributed by atoms with E-state index in [1.54, 1.807) is 14.0 Å². The van der Waals surface area contributed by atoms with Gasteiger partial charge in [-0.25, -0.2) is 4.79 Å². The van der Waals surface area contributed by atoms with Crippen LogP contribution in [0.4, 0.5) is 4.79 Å². The van der Waals surface area contributed by atoms with Gasteiger partial charge in [-0.3, -0.25) is 0 Å². The molecule has 1 unspecified atom stereocenters. The van der Waals surface area contributed by atoms with Gasteiger partial charge in [-0.2, -0.15) is 17.0 Å². The first-order chi connectivity index (χ1) is 9.91. The molecule has 7 nitrogen and oxygen atoms in total. The number of hydrogen-bond acceptors (Lipinski definition) is 4. The number of amides is 1. The van der Waals surface area contributed by atoms with E-state index in [1.807, 2.05) is 6.92 Å². The Labute approximate surface area is 127 Å². The molecule has 21 heavy (non-hydrogen) atoms. The first-order valence-corrected chi connectivity index (χ1v) is 8.96. The van der Waals surface area contributed by atoms with Gasteiger partial charge in [0.1, 0.15) is 0 Å². The van der Waals surface area contributed by atoms with Gasteiger partial charge in [-0.15, -0.1) is 0 Å². The lowest BCUT2D eigenvalue weighted by atomic mass is 10.1. The Bertz CT molecular complexity index is 427. The third-order valence-corrected chi connectivity index (χ3v) is 5.48. The molecule has 0 aromatic rings. The number of hydrogen-bond donors (Lipinski definition) is 1. The van der Waals surface area contributed by atoms with Crippen LogP contribution in [-0.4, -0.2) is 62.5 Å². The average Bonchev–Trinajstić information content (AvgIpc) is 2.45. The third-order valence-electron chi connectivity index (χ3n) is 3.53. The predicted molar refractivity (Wildman–Crippen MR) is 81.2 cm³/mol. The van der Waals surface area contributed by atoms with E-state index in [-0.39, 0.29) is 6.04 Å². The first kappa shape index (κ1) is 18.2. The number of carbonyl (C=O) groups excluding carboxylic acids is 1. The van der Waals surface area contributed by atoms with Crippen LogP contribution >= 0.6 is 0 Å². The molecule has 0 spiro atoms. The smallest absolute Gasteiger partial charge is 0.407 e. The normalized spacial score (nSPS) is 20.5. The molecular weight excluding hydrogens is 294 g/mol. The largest absolute Gasteiger partial charge is 0.450 e. The zero-order valence-corrected chi connectivity index (χ0v) is 14.0. The van der Waals surface area contributed by atoms with E-state index in [1.165, 1.54) is 8.61 Å². The van der Waals surface area contributed by atoms with Crippen molar-refractivity contribution in [1.82, 2.24) is 13.9 Å². The maximum atomic E-state index is 12.5.